The first kappa shape index (κ1) is 18.3. The van der Waals surface area contributed by atoms with Crippen molar-refractivity contribution in [3.63, 3.8) is 0 Å². The van der Waals surface area contributed by atoms with Gasteiger partial charge in [0.1, 0.15) is 5.75 Å². The highest BCUT2D eigenvalue weighted by atomic mass is 79.9. The number of benzene rings is 1. The summed E-state index contributed by atoms with van der Waals surface area (Å²) in [7, 11) is 0. The first-order valence-corrected chi connectivity index (χ1v) is 7.51. The molecule has 6 heteroatoms. The quantitative estimate of drug-likeness (QED) is 0.792. The van der Waals surface area contributed by atoms with Crippen LogP contribution in [-0.2, 0) is 6.54 Å². The van der Waals surface area contributed by atoms with Crippen molar-refractivity contribution in [3.8, 4) is 5.75 Å². The minimum atomic E-state index is -4.20. The number of hydrogen-bond donors (Lipinski definition) is 1. The van der Waals surface area contributed by atoms with Crippen molar-refractivity contribution in [2.75, 3.05) is 6.61 Å². The van der Waals surface area contributed by atoms with Crippen molar-refractivity contribution in [1.82, 2.24) is 5.32 Å². The van der Waals surface area contributed by atoms with E-state index in [2.05, 4.69) is 21.2 Å². The van der Waals surface area contributed by atoms with Crippen molar-refractivity contribution < 1.29 is 17.9 Å². The zero-order valence-corrected chi connectivity index (χ0v) is 14.3. The molecule has 0 saturated carbocycles. The SMILES string of the molecule is Cc1cc(Br)cc(CNC(C)(C)C)c1OCCC(F)(F)F. The standard InChI is InChI=1S/C15H21BrF3NO/c1-10-7-12(16)8-11(9-20-14(2,3)4)13(10)21-6-5-15(17,18)19/h7-8,20H,5-6,9H2,1-4H3. The van der Waals surface area contributed by atoms with Crippen LogP contribution in [-0.4, -0.2) is 18.3 Å². The number of hydrogen-bond acceptors (Lipinski definition) is 2. The van der Waals surface area contributed by atoms with E-state index in [1.54, 1.807) is 0 Å². The monoisotopic (exact) mass is 367 g/mol. The molecule has 0 amide bonds. The normalized spacial score (nSPS) is 12.6. The molecule has 0 aliphatic rings. The van der Waals surface area contributed by atoms with Crippen molar-refractivity contribution in [2.45, 2.75) is 52.4 Å². The van der Waals surface area contributed by atoms with Crippen LogP contribution in [0.3, 0.4) is 0 Å². The van der Waals surface area contributed by atoms with Crippen molar-refractivity contribution in [2.24, 2.45) is 0 Å². The lowest BCUT2D eigenvalue weighted by molar-refractivity contribution is -0.139. The van der Waals surface area contributed by atoms with Gasteiger partial charge in [-0.1, -0.05) is 15.9 Å². The summed E-state index contributed by atoms with van der Waals surface area (Å²) in [6.07, 6.45) is -5.15. The molecular weight excluding hydrogens is 347 g/mol. The average Bonchev–Trinajstić information content (AvgIpc) is 2.26. The zero-order chi connectivity index (χ0) is 16.3. The van der Waals surface area contributed by atoms with Gasteiger partial charge in [-0.15, -0.1) is 0 Å². The Morgan fingerprint density at radius 3 is 2.33 bits per heavy atom. The molecule has 0 fully saturated rings. The molecule has 0 unspecified atom stereocenters. The predicted molar refractivity (Wildman–Crippen MR) is 81.6 cm³/mol. The van der Waals surface area contributed by atoms with Gasteiger partial charge < -0.3 is 10.1 Å². The van der Waals surface area contributed by atoms with E-state index in [4.69, 9.17) is 4.74 Å². The molecule has 120 valence electrons. The van der Waals surface area contributed by atoms with Crippen LogP contribution in [0.4, 0.5) is 13.2 Å². The van der Waals surface area contributed by atoms with Crippen LogP contribution in [0.2, 0.25) is 0 Å². The topological polar surface area (TPSA) is 21.3 Å². The Bertz CT molecular complexity index is 481. The van der Waals surface area contributed by atoms with Gasteiger partial charge in [0.2, 0.25) is 0 Å². The van der Waals surface area contributed by atoms with Gasteiger partial charge in [-0.2, -0.15) is 13.2 Å². The lowest BCUT2D eigenvalue weighted by Gasteiger charge is -2.22. The Morgan fingerprint density at radius 2 is 1.81 bits per heavy atom. The molecule has 21 heavy (non-hydrogen) atoms. The summed E-state index contributed by atoms with van der Waals surface area (Å²) in [6, 6.07) is 3.71. The van der Waals surface area contributed by atoms with E-state index in [0.29, 0.717) is 12.3 Å². The van der Waals surface area contributed by atoms with Gasteiger partial charge in [-0.3, -0.25) is 0 Å². The van der Waals surface area contributed by atoms with Gasteiger partial charge in [0, 0.05) is 22.1 Å². The van der Waals surface area contributed by atoms with Gasteiger partial charge in [0.15, 0.2) is 0 Å². The summed E-state index contributed by atoms with van der Waals surface area (Å²) in [6.45, 7) is 8.08. The second-order valence-electron chi connectivity index (χ2n) is 6.03. The highest BCUT2D eigenvalue weighted by molar-refractivity contribution is 9.10. The molecule has 2 nitrogen and oxygen atoms in total. The number of alkyl halides is 3. The Hall–Kier alpha value is -0.750. The van der Waals surface area contributed by atoms with E-state index in [0.717, 1.165) is 15.6 Å². The highest BCUT2D eigenvalue weighted by Gasteiger charge is 2.27. The van der Waals surface area contributed by atoms with E-state index >= 15 is 0 Å². The first-order chi connectivity index (χ1) is 9.48. The average molecular weight is 368 g/mol. The third kappa shape index (κ3) is 7.18. The highest BCUT2D eigenvalue weighted by Crippen LogP contribution is 2.29. The maximum Gasteiger partial charge on any atom is 0.392 e. The van der Waals surface area contributed by atoms with Gasteiger partial charge in [-0.25, -0.2) is 0 Å². The van der Waals surface area contributed by atoms with E-state index in [9.17, 15) is 13.2 Å². The summed E-state index contributed by atoms with van der Waals surface area (Å²) < 4.78 is 43.0. The molecule has 0 aromatic heterocycles. The van der Waals surface area contributed by atoms with Crippen LogP contribution in [0.1, 0.15) is 38.3 Å². The molecule has 0 bridgehead atoms. The fourth-order valence-corrected chi connectivity index (χ4v) is 2.39. The molecule has 0 saturated heterocycles. The van der Waals surface area contributed by atoms with Crippen molar-refractivity contribution >= 4 is 15.9 Å². The number of aryl methyl sites for hydroxylation is 1. The molecule has 0 heterocycles. The van der Waals surface area contributed by atoms with Crippen LogP contribution >= 0.6 is 15.9 Å². The van der Waals surface area contributed by atoms with Gasteiger partial charge in [0.25, 0.3) is 0 Å². The first-order valence-electron chi connectivity index (χ1n) is 6.71. The van der Waals surface area contributed by atoms with E-state index in [1.807, 2.05) is 39.8 Å². The molecule has 0 atom stereocenters. The molecule has 1 aromatic carbocycles. The summed E-state index contributed by atoms with van der Waals surface area (Å²) >= 11 is 3.40. The van der Waals surface area contributed by atoms with Crippen LogP contribution in [0.15, 0.2) is 16.6 Å². The minimum Gasteiger partial charge on any atom is -0.493 e. The lowest BCUT2D eigenvalue weighted by atomic mass is 10.1. The smallest absolute Gasteiger partial charge is 0.392 e. The van der Waals surface area contributed by atoms with E-state index < -0.39 is 12.6 Å². The van der Waals surface area contributed by atoms with Crippen LogP contribution < -0.4 is 10.1 Å². The van der Waals surface area contributed by atoms with Gasteiger partial charge >= 0.3 is 6.18 Å². The summed E-state index contributed by atoms with van der Waals surface area (Å²) in [5.41, 5.74) is 1.58. The largest absolute Gasteiger partial charge is 0.493 e. The predicted octanol–water partition coefficient (Wildman–Crippen LogP) is 4.98. The Morgan fingerprint density at radius 1 is 1.19 bits per heavy atom. The summed E-state index contributed by atoms with van der Waals surface area (Å²) in [5, 5.41) is 3.32. The Kier molecular flexibility index (Phi) is 6.11. The van der Waals surface area contributed by atoms with Gasteiger partial charge in [0.05, 0.1) is 13.0 Å². The number of ether oxygens (including phenoxy) is 1. The second-order valence-corrected chi connectivity index (χ2v) is 6.94. The molecule has 1 aromatic rings. The fraction of sp³-hybridized carbons (Fsp3) is 0.600. The summed E-state index contributed by atoms with van der Waals surface area (Å²) in [5.74, 6) is 0.527. The second kappa shape index (κ2) is 7.01. The van der Waals surface area contributed by atoms with Crippen molar-refractivity contribution in [1.29, 1.82) is 0 Å². The maximum atomic E-state index is 12.2. The molecule has 0 radical (unpaired) electrons. The number of nitrogens with one attached hydrogen (secondary N) is 1. The molecule has 0 aliphatic carbocycles. The molecule has 0 aliphatic heterocycles. The van der Waals surface area contributed by atoms with Crippen LogP contribution in [0, 0.1) is 6.92 Å². The third-order valence-corrected chi connectivity index (χ3v) is 3.22. The van der Waals surface area contributed by atoms with Crippen LogP contribution in [0.25, 0.3) is 0 Å². The van der Waals surface area contributed by atoms with Crippen LogP contribution in [0.5, 0.6) is 5.75 Å². The van der Waals surface area contributed by atoms with E-state index in [-0.39, 0.29) is 12.1 Å². The molecule has 1 N–H and O–H groups in total. The maximum absolute atomic E-state index is 12.2. The number of rotatable bonds is 5. The minimum absolute atomic E-state index is 0.0839. The Balaban J connectivity index is 2.85. The molecule has 1 rings (SSSR count). The fourth-order valence-electron chi connectivity index (χ4n) is 1.77. The number of halogens is 4. The van der Waals surface area contributed by atoms with Gasteiger partial charge in [-0.05, 0) is 45.4 Å². The zero-order valence-electron chi connectivity index (χ0n) is 12.7. The molecular formula is C15H21BrF3NO. The lowest BCUT2D eigenvalue weighted by Crippen LogP contribution is -2.35. The Labute approximate surface area is 132 Å². The summed E-state index contributed by atoms with van der Waals surface area (Å²) in [4.78, 5) is 0. The third-order valence-electron chi connectivity index (χ3n) is 2.76. The molecule has 0 spiro atoms. The van der Waals surface area contributed by atoms with Crippen molar-refractivity contribution in [3.05, 3.63) is 27.7 Å². The van der Waals surface area contributed by atoms with E-state index in [1.165, 1.54) is 0 Å².